The monoisotopic (exact) mass is 248 g/mol. The lowest BCUT2D eigenvalue weighted by molar-refractivity contribution is 0.0937. The summed E-state index contributed by atoms with van der Waals surface area (Å²) in [6, 6.07) is 3.90. The SMILES string of the molecule is Cc1ccc(C(=O)NC(C)CCCC(C)C)cn1. The molecule has 0 spiro atoms. The number of hydrogen-bond donors (Lipinski definition) is 1. The highest BCUT2D eigenvalue weighted by molar-refractivity contribution is 5.94. The normalized spacial score (nSPS) is 12.5. The van der Waals surface area contributed by atoms with Gasteiger partial charge in [0, 0.05) is 17.9 Å². The molecule has 1 atom stereocenters. The fraction of sp³-hybridized carbons (Fsp3) is 0.600. The number of pyridine rings is 1. The summed E-state index contributed by atoms with van der Waals surface area (Å²) in [4.78, 5) is 16.0. The standard InChI is InChI=1S/C15H24N2O/c1-11(2)6-5-7-13(4)17-15(18)14-9-8-12(3)16-10-14/h8-11,13H,5-7H2,1-4H3,(H,17,18). The summed E-state index contributed by atoms with van der Waals surface area (Å²) in [5, 5.41) is 3.01. The van der Waals surface area contributed by atoms with Gasteiger partial charge in [0.25, 0.3) is 5.91 Å². The van der Waals surface area contributed by atoms with Crippen LogP contribution in [0.5, 0.6) is 0 Å². The van der Waals surface area contributed by atoms with E-state index in [1.807, 2.05) is 19.1 Å². The molecule has 0 saturated carbocycles. The van der Waals surface area contributed by atoms with Crippen molar-refractivity contribution in [2.24, 2.45) is 5.92 Å². The zero-order valence-electron chi connectivity index (χ0n) is 11.9. The Morgan fingerprint density at radius 3 is 2.56 bits per heavy atom. The van der Waals surface area contributed by atoms with Crippen LogP contribution in [0.1, 0.15) is 56.1 Å². The van der Waals surface area contributed by atoms with Crippen molar-refractivity contribution in [3.05, 3.63) is 29.6 Å². The second kappa shape index (κ2) is 7.14. The van der Waals surface area contributed by atoms with Crippen molar-refractivity contribution in [2.45, 2.75) is 53.0 Å². The Morgan fingerprint density at radius 1 is 1.28 bits per heavy atom. The fourth-order valence-electron chi connectivity index (χ4n) is 1.81. The van der Waals surface area contributed by atoms with Crippen molar-refractivity contribution in [2.75, 3.05) is 0 Å². The zero-order chi connectivity index (χ0) is 13.5. The molecule has 1 aromatic rings. The molecule has 3 nitrogen and oxygen atoms in total. The number of hydrogen-bond acceptors (Lipinski definition) is 2. The quantitative estimate of drug-likeness (QED) is 0.839. The van der Waals surface area contributed by atoms with E-state index in [4.69, 9.17) is 0 Å². The highest BCUT2D eigenvalue weighted by Crippen LogP contribution is 2.09. The number of nitrogens with one attached hydrogen (secondary N) is 1. The average molecular weight is 248 g/mol. The van der Waals surface area contributed by atoms with E-state index >= 15 is 0 Å². The van der Waals surface area contributed by atoms with E-state index in [2.05, 4.69) is 31.1 Å². The molecule has 1 amide bonds. The van der Waals surface area contributed by atoms with Crippen molar-refractivity contribution in [1.82, 2.24) is 10.3 Å². The maximum absolute atomic E-state index is 11.9. The van der Waals surface area contributed by atoms with Crippen LogP contribution in [0.15, 0.2) is 18.3 Å². The molecule has 0 fully saturated rings. The molecule has 0 aliphatic heterocycles. The predicted molar refractivity (Wildman–Crippen MR) is 74.6 cm³/mol. The van der Waals surface area contributed by atoms with Gasteiger partial charge in [-0.05, 0) is 38.3 Å². The Hall–Kier alpha value is -1.38. The van der Waals surface area contributed by atoms with Crippen molar-refractivity contribution in [3.8, 4) is 0 Å². The lowest BCUT2D eigenvalue weighted by Crippen LogP contribution is -2.32. The maximum atomic E-state index is 11.9. The predicted octanol–water partition coefficient (Wildman–Crippen LogP) is 3.33. The smallest absolute Gasteiger partial charge is 0.253 e. The zero-order valence-corrected chi connectivity index (χ0v) is 11.9. The molecule has 1 unspecified atom stereocenters. The number of aryl methyl sites for hydroxylation is 1. The van der Waals surface area contributed by atoms with Crippen LogP contribution < -0.4 is 5.32 Å². The molecule has 18 heavy (non-hydrogen) atoms. The van der Waals surface area contributed by atoms with Gasteiger partial charge in [0.05, 0.1) is 5.56 Å². The van der Waals surface area contributed by atoms with Gasteiger partial charge < -0.3 is 5.32 Å². The van der Waals surface area contributed by atoms with E-state index in [1.54, 1.807) is 6.20 Å². The summed E-state index contributed by atoms with van der Waals surface area (Å²) in [7, 11) is 0. The third-order valence-electron chi connectivity index (χ3n) is 2.97. The summed E-state index contributed by atoms with van der Waals surface area (Å²) in [6.07, 6.45) is 5.03. The molecule has 1 N–H and O–H groups in total. The van der Waals surface area contributed by atoms with Gasteiger partial charge in [-0.3, -0.25) is 9.78 Å². The van der Waals surface area contributed by atoms with Crippen LogP contribution in [0.2, 0.25) is 0 Å². The average Bonchev–Trinajstić information content (AvgIpc) is 2.29. The first kappa shape index (κ1) is 14.7. The number of rotatable bonds is 6. The van der Waals surface area contributed by atoms with Crippen LogP contribution in [-0.4, -0.2) is 16.9 Å². The first-order chi connectivity index (χ1) is 8.49. The van der Waals surface area contributed by atoms with Gasteiger partial charge in [-0.25, -0.2) is 0 Å². The van der Waals surface area contributed by atoms with Gasteiger partial charge in [-0.2, -0.15) is 0 Å². The van der Waals surface area contributed by atoms with Crippen molar-refractivity contribution in [3.63, 3.8) is 0 Å². The first-order valence-corrected chi connectivity index (χ1v) is 6.72. The summed E-state index contributed by atoms with van der Waals surface area (Å²) in [6.45, 7) is 8.42. The van der Waals surface area contributed by atoms with Crippen molar-refractivity contribution < 1.29 is 4.79 Å². The second-order valence-electron chi connectivity index (χ2n) is 5.39. The number of carbonyl (C=O) groups excluding carboxylic acids is 1. The van der Waals surface area contributed by atoms with Crippen LogP contribution in [0, 0.1) is 12.8 Å². The molecule has 3 heteroatoms. The van der Waals surface area contributed by atoms with Crippen LogP contribution in [0.3, 0.4) is 0 Å². The van der Waals surface area contributed by atoms with Gasteiger partial charge >= 0.3 is 0 Å². The molecule has 0 bridgehead atoms. The molecule has 0 aliphatic carbocycles. The molecule has 1 heterocycles. The minimum Gasteiger partial charge on any atom is -0.350 e. The van der Waals surface area contributed by atoms with E-state index in [0.717, 1.165) is 24.5 Å². The van der Waals surface area contributed by atoms with Crippen LogP contribution >= 0.6 is 0 Å². The number of aromatic nitrogens is 1. The van der Waals surface area contributed by atoms with Crippen LogP contribution in [0.4, 0.5) is 0 Å². The Morgan fingerprint density at radius 2 is 2.00 bits per heavy atom. The van der Waals surface area contributed by atoms with E-state index in [-0.39, 0.29) is 11.9 Å². The van der Waals surface area contributed by atoms with Gasteiger partial charge in [-0.1, -0.05) is 26.7 Å². The summed E-state index contributed by atoms with van der Waals surface area (Å²) >= 11 is 0. The van der Waals surface area contributed by atoms with E-state index in [0.29, 0.717) is 5.56 Å². The van der Waals surface area contributed by atoms with E-state index in [1.165, 1.54) is 6.42 Å². The Kier molecular flexibility index (Phi) is 5.83. The largest absolute Gasteiger partial charge is 0.350 e. The number of nitrogens with zero attached hydrogens (tertiary/aromatic N) is 1. The third-order valence-corrected chi connectivity index (χ3v) is 2.97. The van der Waals surface area contributed by atoms with Crippen molar-refractivity contribution in [1.29, 1.82) is 0 Å². The first-order valence-electron chi connectivity index (χ1n) is 6.72. The molecule has 1 aromatic heterocycles. The minimum atomic E-state index is -0.0282. The summed E-state index contributed by atoms with van der Waals surface area (Å²) in [5.41, 5.74) is 1.56. The van der Waals surface area contributed by atoms with E-state index in [9.17, 15) is 4.79 Å². The Balaban J connectivity index is 2.37. The van der Waals surface area contributed by atoms with Gasteiger partial charge in [0.1, 0.15) is 0 Å². The molecule has 100 valence electrons. The van der Waals surface area contributed by atoms with Crippen molar-refractivity contribution >= 4 is 5.91 Å². The Bertz CT molecular complexity index is 371. The Labute approximate surface area is 110 Å². The van der Waals surface area contributed by atoms with E-state index < -0.39 is 0 Å². The molecule has 0 radical (unpaired) electrons. The minimum absolute atomic E-state index is 0.0282. The molecular formula is C15H24N2O. The van der Waals surface area contributed by atoms with Gasteiger partial charge in [-0.15, -0.1) is 0 Å². The number of amides is 1. The number of carbonyl (C=O) groups is 1. The lowest BCUT2D eigenvalue weighted by Gasteiger charge is -2.14. The molecule has 0 saturated heterocycles. The summed E-state index contributed by atoms with van der Waals surface area (Å²) < 4.78 is 0. The van der Waals surface area contributed by atoms with Gasteiger partial charge in [0.15, 0.2) is 0 Å². The topological polar surface area (TPSA) is 42.0 Å². The maximum Gasteiger partial charge on any atom is 0.253 e. The molecule has 0 aromatic carbocycles. The molecular weight excluding hydrogens is 224 g/mol. The van der Waals surface area contributed by atoms with Gasteiger partial charge in [0.2, 0.25) is 0 Å². The summed E-state index contributed by atoms with van der Waals surface area (Å²) in [5.74, 6) is 0.703. The second-order valence-corrected chi connectivity index (χ2v) is 5.39. The highest BCUT2D eigenvalue weighted by atomic mass is 16.1. The highest BCUT2D eigenvalue weighted by Gasteiger charge is 2.09. The molecule has 0 aliphatic rings. The van der Waals surface area contributed by atoms with Crippen LogP contribution in [0.25, 0.3) is 0 Å². The van der Waals surface area contributed by atoms with Crippen LogP contribution in [-0.2, 0) is 0 Å². The fourth-order valence-corrected chi connectivity index (χ4v) is 1.81. The lowest BCUT2D eigenvalue weighted by atomic mass is 10.0. The molecule has 1 rings (SSSR count). The third kappa shape index (κ3) is 5.30.